The van der Waals surface area contributed by atoms with Gasteiger partial charge in [0.05, 0.1) is 12.8 Å². The van der Waals surface area contributed by atoms with Gasteiger partial charge in [-0.2, -0.15) is 5.10 Å². The Kier molecular flexibility index (Phi) is 10.1. The minimum Gasteiger partial charge on any atom is -0.490 e. The van der Waals surface area contributed by atoms with E-state index in [4.69, 9.17) is 21.1 Å². The highest BCUT2D eigenvalue weighted by Gasteiger charge is 2.24. The molecule has 8 heteroatoms. The predicted molar refractivity (Wildman–Crippen MR) is 146 cm³/mol. The zero-order valence-corrected chi connectivity index (χ0v) is 22.2. The Balaban J connectivity index is 1.62. The molecule has 194 valence electrons. The number of carbonyl (C=O) groups is 2. The van der Waals surface area contributed by atoms with E-state index in [0.717, 1.165) is 11.1 Å². The molecule has 0 aliphatic heterocycles. The van der Waals surface area contributed by atoms with Gasteiger partial charge >= 0.3 is 0 Å². The largest absolute Gasteiger partial charge is 0.490 e. The van der Waals surface area contributed by atoms with Crippen LogP contribution in [-0.4, -0.2) is 30.7 Å². The number of amides is 2. The average molecular weight is 522 g/mol. The van der Waals surface area contributed by atoms with Gasteiger partial charge < -0.3 is 14.8 Å². The highest BCUT2D eigenvalue weighted by Crippen LogP contribution is 2.29. The first-order valence-corrected chi connectivity index (χ1v) is 12.5. The first-order valence-electron chi connectivity index (χ1n) is 12.1. The molecule has 0 radical (unpaired) electrons. The van der Waals surface area contributed by atoms with Crippen LogP contribution < -0.4 is 20.2 Å². The maximum absolute atomic E-state index is 12.8. The van der Waals surface area contributed by atoms with Gasteiger partial charge in [0.2, 0.25) is 0 Å². The second kappa shape index (κ2) is 13.5. The fraction of sp³-hybridized carbons (Fsp3) is 0.276. The molecular weight excluding hydrogens is 490 g/mol. The molecule has 0 aliphatic carbocycles. The Hall–Kier alpha value is -3.84. The number of carbonyl (C=O) groups excluding carboxylic acids is 2. The van der Waals surface area contributed by atoms with Crippen LogP contribution in [0.5, 0.6) is 11.5 Å². The van der Waals surface area contributed by atoms with Gasteiger partial charge in [0.25, 0.3) is 11.8 Å². The van der Waals surface area contributed by atoms with E-state index in [1.54, 1.807) is 24.3 Å². The zero-order valence-electron chi connectivity index (χ0n) is 21.5. The fourth-order valence-corrected chi connectivity index (χ4v) is 3.56. The highest BCUT2D eigenvalue weighted by atomic mass is 35.5. The van der Waals surface area contributed by atoms with Gasteiger partial charge in [-0.1, -0.05) is 55.3 Å². The van der Waals surface area contributed by atoms with Crippen molar-refractivity contribution < 1.29 is 19.1 Å². The highest BCUT2D eigenvalue weighted by molar-refractivity contribution is 6.30. The molecular formula is C29H32ClN3O4. The van der Waals surface area contributed by atoms with Gasteiger partial charge in [-0.3, -0.25) is 9.59 Å². The van der Waals surface area contributed by atoms with Crippen molar-refractivity contribution in [3.63, 3.8) is 0 Å². The molecule has 2 N–H and O–H groups in total. The number of nitrogens with one attached hydrogen (secondary N) is 2. The summed E-state index contributed by atoms with van der Waals surface area (Å²) >= 11 is 5.94. The van der Waals surface area contributed by atoms with Crippen molar-refractivity contribution in [3.05, 3.63) is 94.0 Å². The maximum Gasteiger partial charge on any atom is 0.262 e. The Morgan fingerprint density at radius 2 is 1.68 bits per heavy atom. The van der Waals surface area contributed by atoms with Crippen molar-refractivity contribution in [1.82, 2.24) is 10.7 Å². The lowest BCUT2D eigenvalue weighted by molar-refractivity contribution is -0.123. The van der Waals surface area contributed by atoms with Gasteiger partial charge in [0.1, 0.15) is 12.6 Å². The summed E-state index contributed by atoms with van der Waals surface area (Å²) in [7, 11) is 0. The van der Waals surface area contributed by atoms with E-state index in [1.807, 2.05) is 70.2 Å². The molecule has 7 nitrogen and oxygen atoms in total. The number of benzene rings is 3. The van der Waals surface area contributed by atoms with Crippen LogP contribution in [0.2, 0.25) is 5.02 Å². The van der Waals surface area contributed by atoms with Crippen LogP contribution in [0, 0.1) is 12.8 Å². The number of halogens is 1. The Bertz CT molecular complexity index is 1220. The lowest BCUT2D eigenvalue weighted by Crippen LogP contribution is -2.48. The maximum atomic E-state index is 12.8. The summed E-state index contributed by atoms with van der Waals surface area (Å²) in [6.45, 7) is 8.39. The van der Waals surface area contributed by atoms with E-state index >= 15 is 0 Å². The molecule has 0 aromatic heterocycles. The number of nitrogens with zero attached hydrogens (tertiary/aromatic N) is 1. The summed E-state index contributed by atoms with van der Waals surface area (Å²) in [5, 5.41) is 7.55. The Morgan fingerprint density at radius 1 is 0.973 bits per heavy atom. The molecule has 2 amide bonds. The summed E-state index contributed by atoms with van der Waals surface area (Å²) in [6.07, 6.45) is 1.52. The minimum absolute atomic E-state index is 0.133. The van der Waals surface area contributed by atoms with Gasteiger partial charge in [0, 0.05) is 10.6 Å². The molecule has 0 spiro atoms. The van der Waals surface area contributed by atoms with Gasteiger partial charge in [-0.05, 0) is 73.4 Å². The Labute approximate surface area is 222 Å². The molecule has 3 rings (SSSR count). The van der Waals surface area contributed by atoms with Crippen LogP contribution in [0.4, 0.5) is 0 Å². The van der Waals surface area contributed by atoms with Crippen molar-refractivity contribution in [2.24, 2.45) is 11.0 Å². The van der Waals surface area contributed by atoms with Crippen LogP contribution in [-0.2, 0) is 11.4 Å². The SMILES string of the molecule is CCOc1cc(C=NNC(=O)C(NC(=O)c2ccc(C)cc2)C(C)C)ccc1OCc1ccc(Cl)cc1. The molecule has 0 aliphatic rings. The lowest BCUT2D eigenvalue weighted by Gasteiger charge is -2.20. The van der Waals surface area contributed by atoms with Crippen LogP contribution in [0.3, 0.4) is 0 Å². The van der Waals surface area contributed by atoms with E-state index < -0.39 is 11.9 Å². The summed E-state index contributed by atoms with van der Waals surface area (Å²) in [5.74, 6) is 0.313. The molecule has 3 aromatic carbocycles. The third kappa shape index (κ3) is 8.36. The number of hydrogen-bond donors (Lipinski definition) is 2. The molecule has 0 heterocycles. The average Bonchev–Trinajstić information content (AvgIpc) is 2.88. The zero-order chi connectivity index (χ0) is 26.8. The topological polar surface area (TPSA) is 89.0 Å². The van der Waals surface area contributed by atoms with Gasteiger partial charge in [-0.25, -0.2) is 5.43 Å². The molecule has 1 unspecified atom stereocenters. The monoisotopic (exact) mass is 521 g/mol. The normalized spacial score (nSPS) is 11.8. The van der Waals surface area contributed by atoms with Crippen LogP contribution in [0.15, 0.2) is 71.8 Å². The standard InChI is InChI=1S/C29H32ClN3O4/c1-5-36-26-16-22(10-15-25(26)37-18-21-8-13-24(30)14-9-21)17-31-33-29(35)27(19(2)3)32-28(34)23-11-6-20(4)7-12-23/h6-17,19,27H,5,18H2,1-4H3,(H,32,34)(H,33,35). The number of hydrazone groups is 1. The smallest absolute Gasteiger partial charge is 0.262 e. The van der Waals surface area contributed by atoms with E-state index in [2.05, 4.69) is 15.8 Å². The predicted octanol–water partition coefficient (Wildman–Crippen LogP) is 5.53. The molecule has 37 heavy (non-hydrogen) atoms. The third-order valence-corrected chi connectivity index (χ3v) is 5.77. The van der Waals surface area contributed by atoms with E-state index in [9.17, 15) is 9.59 Å². The molecule has 0 bridgehead atoms. The van der Waals surface area contributed by atoms with Crippen LogP contribution >= 0.6 is 11.6 Å². The molecule has 0 saturated heterocycles. The number of hydrogen-bond acceptors (Lipinski definition) is 5. The second-order valence-electron chi connectivity index (χ2n) is 8.85. The first-order chi connectivity index (χ1) is 17.8. The van der Waals surface area contributed by atoms with Crippen molar-refractivity contribution >= 4 is 29.6 Å². The second-order valence-corrected chi connectivity index (χ2v) is 9.29. The minimum atomic E-state index is -0.742. The third-order valence-electron chi connectivity index (χ3n) is 5.51. The van der Waals surface area contributed by atoms with E-state index in [-0.39, 0.29) is 11.8 Å². The lowest BCUT2D eigenvalue weighted by atomic mass is 10.0. The fourth-order valence-electron chi connectivity index (χ4n) is 3.44. The van der Waals surface area contributed by atoms with Crippen molar-refractivity contribution in [2.45, 2.75) is 40.3 Å². The van der Waals surface area contributed by atoms with E-state index in [0.29, 0.717) is 40.9 Å². The van der Waals surface area contributed by atoms with Crippen LogP contribution in [0.25, 0.3) is 0 Å². The first kappa shape index (κ1) is 27.7. The summed E-state index contributed by atoms with van der Waals surface area (Å²) < 4.78 is 11.7. The van der Waals surface area contributed by atoms with Gasteiger partial charge in [-0.15, -0.1) is 0 Å². The van der Waals surface area contributed by atoms with Crippen molar-refractivity contribution in [3.8, 4) is 11.5 Å². The molecule has 3 aromatic rings. The quantitative estimate of drug-likeness (QED) is 0.256. The van der Waals surface area contributed by atoms with Crippen molar-refractivity contribution in [2.75, 3.05) is 6.61 Å². The van der Waals surface area contributed by atoms with Gasteiger partial charge in [0.15, 0.2) is 11.5 Å². The van der Waals surface area contributed by atoms with E-state index in [1.165, 1.54) is 6.21 Å². The molecule has 0 saturated carbocycles. The molecule has 1 atom stereocenters. The number of ether oxygens (including phenoxy) is 2. The summed E-state index contributed by atoms with van der Waals surface area (Å²) in [5.41, 5.74) is 5.77. The van der Waals surface area contributed by atoms with Crippen molar-refractivity contribution in [1.29, 1.82) is 0 Å². The number of aryl methyl sites for hydroxylation is 1. The number of rotatable bonds is 11. The Morgan fingerprint density at radius 3 is 2.32 bits per heavy atom. The summed E-state index contributed by atoms with van der Waals surface area (Å²) in [6, 6.07) is 19.3. The summed E-state index contributed by atoms with van der Waals surface area (Å²) in [4.78, 5) is 25.4. The molecule has 0 fully saturated rings. The van der Waals surface area contributed by atoms with Crippen LogP contribution in [0.1, 0.15) is 47.8 Å².